The van der Waals surface area contributed by atoms with Crippen molar-refractivity contribution in [1.29, 1.82) is 0 Å². The van der Waals surface area contributed by atoms with Crippen LogP contribution in [0.15, 0.2) is 46.4 Å². The van der Waals surface area contributed by atoms with E-state index in [2.05, 4.69) is 28.9 Å². The third-order valence-corrected chi connectivity index (χ3v) is 4.76. The molecule has 0 saturated heterocycles. The number of aryl methyl sites for hydroxylation is 2. The van der Waals surface area contributed by atoms with Crippen LogP contribution in [-0.2, 0) is 23.2 Å². The second-order valence-corrected chi connectivity index (χ2v) is 7.44. The van der Waals surface area contributed by atoms with Gasteiger partial charge in [0.15, 0.2) is 0 Å². The van der Waals surface area contributed by atoms with Gasteiger partial charge in [-0.3, -0.25) is 14.9 Å². The van der Waals surface area contributed by atoms with Crippen LogP contribution >= 0.6 is 0 Å². The van der Waals surface area contributed by atoms with Crippen LogP contribution in [0.2, 0.25) is 0 Å². The summed E-state index contributed by atoms with van der Waals surface area (Å²) in [5.41, 5.74) is 17.0. The fraction of sp³-hybridized carbons (Fsp3) is 0.417. The molecule has 0 aliphatic heterocycles. The SMILES string of the molecule is CCc1ccc([O-])c(C=NCCCN(C)CCCN=Cc2cc(C)ccc2[O-])c1.[Co+3].[N-]=[N+]=[N-]. The number of benzene rings is 2. The first-order chi connectivity index (χ1) is 15.4. The molecule has 8 nitrogen and oxygen atoms in total. The molecule has 0 radical (unpaired) electrons. The summed E-state index contributed by atoms with van der Waals surface area (Å²) in [5.74, 6) is 0.0425. The van der Waals surface area contributed by atoms with Gasteiger partial charge in [-0.25, -0.2) is 0 Å². The average molecular weight is 494 g/mol. The summed E-state index contributed by atoms with van der Waals surface area (Å²) in [5, 5.41) is 23.6. The fourth-order valence-corrected chi connectivity index (χ4v) is 2.99. The minimum atomic E-state index is 0. The molecule has 33 heavy (non-hydrogen) atoms. The number of hydrogen-bond donors (Lipinski definition) is 0. The Morgan fingerprint density at radius 1 is 0.909 bits per heavy atom. The molecule has 0 aromatic heterocycles. The van der Waals surface area contributed by atoms with E-state index < -0.39 is 0 Å². The second kappa shape index (κ2) is 17.7. The zero-order valence-corrected chi connectivity index (χ0v) is 20.4. The van der Waals surface area contributed by atoms with E-state index in [1.54, 1.807) is 24.6 Å². The first-order valence-corrected chi connectivity index (χ1v) is 10.7. The summed E-state index contributed by atoms with van der Waals surface area (Å²) >= 11 is 0. The van der Waals surface area contributed by atoms with Crippen molar-refractivity contribution in [2.75, 3.05) is 33.2 Å². The van der Waals surface area contributed by atoms with Crippen LogP contribution in [0.4, 0.5) is 0 Å². The van der Waals surface area contributed by atoms with Crippen LogP contribution in [0, 0.1) is 6.92 Å². The van der Waals surface area contributed by atoms with Gasteiger partial charge in [-0.15, -0.1) is 11.5 Å². The predicted octanol–water partition coefficient (Wildman–Crippen LogP) is 3.82. The zero-order chi connectivity index (χ0) is 23.8. The Labute approximate surface area is 206 Å². The van der Waals surface area contributed by atoms with E-state index in [0.717, 1.165) is 43.5 Å². The monoisotopic (exact) mass is 494 g/mol. The molecule has 2 aromatic carbocycles. The van der Waals surface area contributed by atoms with Gasteiger partial charge in [-0.05, 0) is 63.0 Å². The topological polar surface area (TPSA) is 133 Å². The van der Waals surface area contributed by atoms with Gasteiger partial charge in [-0.1, -0.05) is 48.9 Å². The molecule has 2 aromatic rings. The molecule has 0 N–H and O–H groups in total. The smallest absolute Gasteiger partial charge is 0.872 e. The van der Waals surface area contributed by atoms with Crippen molar-refractivity contribution in [3.05, 3.63) is 74.6 Å². The van der Waals surface area contributed by atoms with Gasteiger partial charge in [-0.2, -0.15) is 0 Å². The maximum Gasteiger partial charge on any atom is 3.00 e. The Balaban J connectivity index is 0.00000242. The van der Waals surface area contributed by atoms with E-state index in [-0.39, 0.29) is 28.3 Å². The van der Waals surface area contributed by atoms with Gasteiger partial charge in [0.2, 0.25) is 0 Å². The van der Waals surface area contributed by atoms with E-state index in [1.165, 1.54) is 4.91 Å². The van der Waals surface area contributed by atoms with Crippen molar-refractivity contribution in [2.45, 2.75) is 33.1 Å². The maximum atomic E-state index is 11.8. The van der Waals surface area contributed by atoms with Crippen molar-refractivity contribution < 1.29 is 27.0 Å². The molecule has 0 atom stereocenters. The zero-order valence-electron chi connectivity index (χ0n) is 19.4. The van der Waals surface area contributed by atoms with Gasteiger partial charge in [0, 0.05) is 25.5 Å². The third kappa shape index (κ3) is 12.7. The first-order valence-electron chi connectivity index (χ1n) is 10.7. The Kier molecular flexibility index (Phi) is 16.2. The Morgan fingerprint density at radius 2 is 1.39 bits per heavy atom. The van der Waals surface area contributed by atoms with Crippen LogP contribution in [0.5, 0.6) is 11.5 Å². The Hall–Kier alpha value is -2.84. The minimum Gasteiger partial charge on any atom is -0.872 e. The molecule has 0 fully saturated rings. The number of aliphatic imine (C=N–C) groups is 2. The molecule has 0 heterocycles. The van der Waals surface area contributed by atoms with E-state index in [1.807, 2.05) is 31.2 Å². The van der Waals surface area contributed by atoms with Crippen LogP contribution in [-0.4, -0.2) is 50.6 Å². The summed E-state index contributed by atoms with van der Waals surface area (Å²) in [6.07, 6.45) is 6.19. The van der Waals surface area contributed by atoms with Gasteiger partial charge in [0.1, 0.15) is 0 Å². The number of nitrogens with zero attached hydrogens (tertiary/aromatic N) is 6. The standard InChI is InChI=1S/C24H33N3O2.Co.N3/c1-4-20-8-10-24(29)22(16-20)18-26-12-6-14-27(3)13-5-11-25-17-21-15-19(2)7-9-23(21)28;;1-3-2/h7-10,15-18,28-29H,4-6,11-14H2,1-3H3;;/q;+3;-1/p-2. The number of rotatable bonds is 11. The van der Waals surface area contributed by atoms with Crippen molar-refractivity contribution in [2.24, 2.45) is 9.98 Å². The van der Waals surface area contributed by atoms with Crippen LogP contribution in [0.3, 0.4) is 0 Å². The van der Waals surface area contributed by atoms with Crippen molar-refractivity contribution in [3.8, 4) is 11.5 Å². The molecular formula is C24H31CoN6O2. The maximum absolute atomic E-state index is 11.8. The van der Waals surface area contributed by atoms with Crippen molar-refractivity contribution in [1.82, 2.24) is 4.90 Å². The molecule has 178 valence electrons. The summed E-state index contributed by atoms with van der Waals surface area (Å²) in [7, 11) is 2.09. The summed E-state index contributed by atoms with van der Waals surface area (Å²) < 4.78 is 0. The Morgan fingerprint density at radius 3 is 1.91 bits per heavy atom. The van der Waals surface area contributed by atoms with Gasteiger partial charge < -0.3 is 26.2 Å². The van der Waals surface area contributed by atoms with E-state index in [9.17, 15) is 10.2 Å². The van der Waals surface area contributed by atoms with E-state index >= 15 is 0 Å². The van der Waals surface area contributed by atoms with Crippen molar-refractivity contribution >= 4 is 12.4 Å². The summed E-state index contributed by atoms with van der Waals surface area (Å²) in [6, 6.07) is 10.7. The normalized spacial score (nSPS) is 10.7. The quantitative estimate of drug-likeness (QED) is 0.155. The van der Waals surface area contributed by atoms with Gasteiger partial charge in [0.25, 0.3) is 0 Å². The molecule has 0 amide bonds. The first kappa shape index (κ1) is 30.2. The molecule has 9 heteroatoms. The Bertz CT molecular complexity index is 927. The second-order valence-electron chi connectivity index (χ2n) is 7.44. The summed E-state index contributed by atoms with van der Waals surface area (Å²) in [4.78, 5) is 12.5. The van der Waals surface area contributed by atoms with E-state index in [0.29, 0.717) is 24.2 Å². The molecule has 0 spiro atoms. The van der Waals surface area contributed by atoms with Gasteiger partial charge >= 0.3 is 16.8 Å². The average Bonchev–Trinajstić information content (AvgIpc) is 2.77. The van der Waals surface area contributed by atoms with E-state index in [4.69, 9.17) is 11.1 Å². The van der Waals surface area contributed by atoms with Crippen LogP contribution < -0.4 is 10.2 Å². The molecule has 0 bridgehead atoms. The largest absolute Gasteiger partial charge is 3.00 e. The third-order valence-electron chi connectivity index (χ3n) is 4.76. The van der Waals surface area contributed by atoms with Gasteiger partial charge in [0.05, 0.1) is 0 Å². The molecule has 0 aliphatic carbocycles. The number of hydrogen-bond acceptors (Lipinski definition) is 5. The molecule has 0 unspecified atom stereocenters. The predicted molar refractivity (Wildman–Crippen MR) is 128 cm³/mol. The van der Waals surface area contributed by atoms with Crippen LogP contribution in [0.1, 0.15) is 42.0 Å². The fourth-order valence-electron chi connectivity index (χ4n) is 2.99. The van der Waals surface area contributed by atoms with Crippen LogP contribution in [0.25, 0.3) is 16.0 Å². The molecule has 0 saturated carbocycles. The molecule has 0 aliphatic rings. The van der Waals surface area contributed by atoms with Crippen molar-refractivity contribution in [3.63, 3.8) is 0 Å². The molecular weight excluding hydrogens is 463 g/mol. The molecule has 2 rings (SSSR count). The summed E-state index contributed by atoms with van der Waals surface area (Å²) in [6.45, 7) is 7.35. The minimum absolute atomic E-state index is 0.